The van der Waals surface area contributed by atoms with Crippen molar-refractivity contribution in [3.63, 3.8) is 0 Å². The van der Waals surface area contributed by atoms with Gasteiger partial charge in [-0.3, -0.25) is 4.98 Å². The van der Waals surface area contributed by atoms with E-state index in [1.807, 2.05) is 24.3 Å². The average molecular weight is 352 g/mol. The van der Waals surface area contributed by atoms with Gasteiger partial charge >= 0.3 is 0 Å². The highest BCUT2D eigenvalue weighted by Gasteiger charge is 2.22. The van der Waals surface area contributed by atoms with E-state index in [4.69, 9.17) is 0 Å². The lowest BCUT2D eigenvalue weighted by Crippen LogP contribution is -2.35. The van der Waals surface area contributed by atoms with Crippen molar-refractivity contribution >= 4 is 32.5 Å². The van der Waals surface area contributed by atoms with Gasteiger partial charge in [-0.1, -0.05) is 15.9 Å². The third kappa shape index (κ3) is 3.52. The predicted molar refractivity (Wildman–Crippen MR) is 88.4 cm³/mol. The lowest BCUT2D eigenvalue weighted by Gasteiger charge is -2.26. The van der Waals surface area contributed by atoms with Gasteiger partial charge in [0.05, 0.1) is 5.52 Å². The Morgan fingerprint density at radius 2 is 2.14 bits per heavy atom. The summed E-state index contributed by atoms with van der Waals surface area (Å²) in [5.74, 6) is 0.165. The highest BCUT2D eigenvalue weighted by Crippen LogP contribution is 2.26. The summed E-state index contributed by atoms with van der Waals surface area (Å²) >= 11 is 3.47. The van der Waals surface area contributed by atoms with Gasteiger partial charge in [0.15, 0.2) is 0 Å². The number of aromatic nitrogens is 1. The zero-order chi connectivity index (χ0) is 14.7. The fourth-order valence-corrected chi connectivity index (χ4v) is 3.21. The van der Waals surface area contributed by atoms with Crippen LogP contribution in [0.3, 0.4) is 0 Å². The van der Waals surface area contributed by atoms with Crippen LogP contribution in [0.15, 0.2) is 34.9 Å². The number of hydrogen-bond donors (Lipinski definition) is 2. The Morgan fingerprint density at radius 3 is 2.95 bits per heavy atom. The summed E-state index contributed by atoms with van der Waals surface area (Å²) in [6.07, 6.45) is 2.80. The van der Waals surface area contributed by atoms with Crippen molar-refractivity contribution in [3.05, 3.63) is 34.9 Å². The molecule has 1 atom stereocenters. The number of nitrogens with zero attached hydrogens (tertiary/aromatic N) is 1. The lowest BCUT2D eigenvalue weighted by atomic mass is 9.93. The molecule has 1 aromatic carbocycles. The minimum absolute atomic E-state index is 0.165. The fraction of sp³-hybridized carbons (Fsp3) is 0.438. The average Bonchev–Trinajstić information content (AvgIpc) is 2.53. The number of rotatable bonds is 4. The Kier molecular flexibility index (Phi) is 4.70. The second-order valence-electron chi connectivity index (χ2n) is 5.50. The van der Waals surface area contributed by atoms with E-state index in [2.05, 4.69) is 31.5 Å². The summed E-state index contributed by atoms with van der Waals surface area (Å²) in [7, 11) is 0. The van der Waals surface area contributed by atoms with E-state index in [-0.39, 0.29) is 5.92 Å². The molecule has 5 heteroatoms. The van der Waals surface area contributed by atoms with Crippen molar-refractivity contribution in [3.8, 4) is 0 Å². The Labute approximate surface area is 132 Å². The number of piperidine rings is 1. The van der Waals surface area contributed by atoms with Gasteiger partial charge < -0.3 is 10.6 Å². The molecular weight excluding hydrogens is 333 g/mol. The highest BCUT2D eigenvalue weighted by atomic mass is 79.9. The molecule has 3 nitrogen and oxygen atoms in total. The van der Waals surface area contributed by atoms with Crippen LogP contribution in [0.5, 0.6) is 0 Å². The molecule has 0 aliphatic carbocycles. The van der Waals surface area contributed by atoms with Crippen molar-refractivity contribution in [2.45, 2.75) is 19.0 Å². The first-order chi connectivity index (χ1) is 10.2. The van der Waals surface area contributed by atoms with Crippen molar-refractivity contribution in [1.29, 1.82) is 0 Å². The van der Waals surface area contributed by atoms with Gasteiger partial charge in [-0.05, 0) is 56.1 Å². The summed E-state index contributed by atoms with van der Waals surface area (Å²) in [6.45, 7) is 2.21. The fourth-order valence-electron chi connectivity index (χ4n) is 2.85. The molecule has 2 aromatic rings. The molecule has 0 spiro atoms. The summed E-state index contributed by atoms with van der Waals surface area (Å²) in [6, 6.07) is 7.85. The third-order valence-electron chi connectivity index (χ3n) is 4.09. The molecule has 1 unspecified atom stereocenters. The van der Waals surface area contributed by atoms with Gasteiger partial charge in [0, 0.05) is 28.3 Å². The number of alkyl halides is 1. The van der Waals surface area contributed by atoms with E-state index < -0.39 is 6.17 Å². The van der Waals surface area contributed by atoms with Gasteiger partial charge in [0.2, 0.25) is 0 Å². The van der Waals surface area contributed by atoms with Gasteiger partial charge in [0.25, 0.3) is 0 Å². The summed E-state index contributed by atoms with van der Waals surface area (Å²) in [4.78, 5) is 4.34. The van der Waals surface area contributed by atoms with Crippen LogP contribution in [-0.4, -0.2) is 30.8 Å². The van der Waals surface area contributed by atoms with E-state index in [0.29, 0.717) is 6.54 Å². The van der Waals surface area contributed by atoms with Crippen LogP contribution in [-0.2, 0) is 0 Å². The maximum Gasteiger partial charge on any atom is 0.120 e. The molecule has 0 bridgehead atoms. The third-order valence-corrected chi connectivity index (χ3v) is 4.58. The first kappa shape index (κ1) is 14.7. The van der Waals surface area contributed by atoms with E-state index >= 15 is 0 Å². The molecule has 3 rings (SSSR count). The Bertz CT molecular complexity index is 613. The van der Waals surface area contributed by atoms with Gasteiger partial charge in [-0.25, -0.2) is 4.39 Å². The number of halogens is 2. The largest absolute Gasteiger partial charge is 0.382 e. The molecule has 1 aromatic heterocycles. The summed E-state index contributed by atoms with van der Waals surface area (Å²) < 4.78 is 15.3. The molecule has 21 heavy (non-hydrogen) atoms. The number of benzene rings is 1. The Hall–Kier alpha value is -1.20. The molecule has 2 N–H and O–H groups in total. The normalized spacial score (nSPS) is 17.8. The number of nitrogens with one attached hydrogen (secondary N) is 2. The molecule has 1 saturated heterocycles. The molecule has 112 valence electrons. The smallest absolute Gasteiger partial charge is 0.120 e. The minimum Gasteiger partial charge on any atom is -0.382 e. The van der Waals surface area contributed by atoms with Crippen LogP contribution < -0.4 is 10.6 Å². The van der Waals surface area contributed by atoms with Crippen molar-refractivity contribution < 1.29 is 4.39 Å². The lowest BCUT2D eigenvalue weighted by molar-refractivity contribution is 0.199. The van der Waals surface area contributed by atoms with Crippen molar-refractivity contribution in [2.75, 3.05) is 25.0 Å². The zero-order valence-electron chi connectivity index (χ0n) is 11.8. The van der Waals surface area contributed by atoms with E-state index in [1.54, 1.807) is 6.20 Å². The number of hydrogen-bond acceptors (Lipinski definition) is 3. The zero-order valence-corrected chi connectivity index (χ0v) is 13.4. The van der Waals surface area contributed by atoms with Crippen LogP contribution in [0.25, 0.3) is 10.9 Å². The maximum absolute atomic E-state index is 14.3. The van der Waals surface area contributed by atoms with Crippen LogP contribution >= 0.6 is 15.9 Å². The molecular formula is C16H19BrFN3. The molecule has 0 saturated carbocycles. The van der Waals surface area contributed by atoms with E-state index in [1.165, 1.54) is 0 Å². The summed E-state index contributed by atoms with van der Waals surface area (Å²) in [5, 5.41) is 7.55. The minimum atomic E-state index is -0.803. The van der Waals surface area contributed by atoms with Crippen LogP contribution in [0.1, 0.15) is 12.8 Å². The summed E-state index contributed by atoms with van der Waals surface area (Å²) in [5.41, 5.74) is 1.86. The second kappa shape index (κ2) is 6.71. The van der Waals surface area contributed by atoms with Crippen molar-refractivity contribution in [2.24, 2.45) is 5.92 Å². The van der Waals surface area contributed by atoms with E-state index in [0.717, 1.165) is 47.0 Å². The quantitative estimate of drug-likeness (QED) is 0.880. The first-order valence-electron chi connectivity index (χ1n) is 7.37. The maximum atomic E-state index is 14.3. The van der Waals surface area contributed by atoms with Crippen molar-refractivity contribution in [1.82, 2.24) is 10.3 Å². The van der Waals surface area contributed by atoms with E-state index in [9.17, 15) is 4.39 Å². The molecule has 1 aliphatic heterocycles. The Balaban J connectivity index is 1.71. The number of fused-ring (bicyclic) bond motifs is 1. The molecule has 1 fully saturated rings. The SMILES string of the molecule is FC(CNc1ccnc2ccc(Br)cc12)C1CCNCC1. The Morgan fingerprint density at radius 1 is 1.33 bits per heavy atom. The second-order valence-corrected chi connectivity index (χ2v) is 6.42. The van der Waals surface area contributed by atoms with Gasteiger partial charge in [-0.15, -0.1) is 0 Å². The molecule has 0 amide bonds. The van der Waals surface area contributed by atoms with Crippen LogP contribution in [0.2, 0.25) is 0 Å². The molecule has 2 heterocycles. The van der Waals surface area contributed by atoms with Gasteiger partial charge in [-0.2, -0.15) is 0 Å². The highest BCUT2D eigenvalue weighted by molar-refractivity contribution is 9.10. The first-order valence-corrected chi connectivity index (χ1v) is 8.16. The van der Waals surface area contributed by atoms with Gasteiger partial charge in [0.1, 0.15) is 6.17 Å². The van der Waals surface area contributed by atoms with Crippen LogP contribution in [0.4, 0.5) is 10.1 Å². The van der Waals surface area contributed by atoms with Crippen LogP contribution in [0, 0.1) is 5.92 Å². The number of anilines is 1. The number of pyridine rings is 1. The standard InChI is InChI=1S/C16H19BrFN3/c17-12-1-2-15-13(9-12)16(5-8-20-15)21-10-14(18)11-3-6-19-7-4-11/h1-2,5,8-9,11,14,19H,3-4,6-7,10H2,(H,20,21). The molecule has 1 aliphatic rings. The molecule has 0 radical (unpaired) electrons. The topological polar surface area (TPSA) is 37.0 Å². The predicted octanol–water partition coefficient (Wildman–Crippen LogP) is 3.75. The monoisotopic (exact) mass is 351 g/mol.